The Bertz CT molecular complexity index is 121. The fourth-order valence-electron chi connectivity index (χ4n) is 1.88. The topological polar surface area (TPSA) is 26.0 Å². The third-order valence-electron chi connectivity index (χ3n) is 3.52. The summed E-state index contributed by atoms with van der Waals surface area (Å²) in [4.78, 5) is 0. The number of rotatable bonds is 1. The molecule has 66 valence electrons. The highest BCUT2D eigenvalue weighted by atomic mass is 14.7. The van der Waals surface area contributed by atoms with Crippen LogP contribution in [0.3, 0.4) is 0 Å². The van der Waals surface area contributed by atoms with Gasteiger partial charge in [0.1, 0.15) is 0 Å². The van der Waals surface area contributed by atoms with E-state index in [0.29, 0.717) is 11.5 Å². The highest BCUT2D eigenvalue weighted by Gasteiger charge is 2.32. The van der Waals surface area contributed by atoms with Crippen LogP contribution in [0, 0.1) is 11.3 Å². The molecule has 0 aromatic rings. The molecule has 1 rings (SSSR count). The molecule has 0 spiro atoms. The highest BCUT2D eigenvalue weighted by molar-refractivity contribution is 4.86. The van der Waals surface area contributed by atoms with Crippen LogP contribution in [-0.2, 0) is 0 Å². The summed E-state index contributed by atoms with van der Waals surface area (Å²) in [7, 11) is 0. The molecule has 11 heavy (non-hydrogen) atoms. The molecule has 0 heterocycles. The fourth-order valence-corrected chi connectivity index (χ4v) is 1.88. The van der Waals surface area contributed by atoms with Crippen LogP contribution in [0.15, 0.2) is 0 Å². The molecule has 1 heteroatoms. The zero-order chi connectivity index (χ0) is 8.48. The van der Waals surface area contributed by atoms with Crippen molar-refractivity contribution in [2.45, 2.75) is 52.5 Å². The molecular weight excluding hydrogens is 134 g/mol. The van der Waals surface area contributed by atoms with Gasteiger partial charge in [-0.2, -0.15) is 0 Å². The van der Waals surface area contributed by atoms with Crippen LogP contribution in [0.1, 0.15) is 46.5 Å². The second kappa shape index (κ2) is 3.14. The van der Waals surface area contributed by atoms with Crippen molar-refractivity contribution < 1.29 is 0 Å². The van der Waals surface area contributed by atoms with E-state index in [2.05, 4.69) is 20.8 Å². The predicted octanol–water partition coefficient (Wildman–Crippen LogP) is 2.55. The van der Waals surface area contributed by atoms with E-state index in [9.17, 15) is 0 Å². The Morgan fingerprint density at radius 2 is 1.82 bits per heavy atom. The lowest BCUT2D eigenvalue weighted by Crippen LogP contribution is -2.39. The smallest absolute Gasteiger partial charge is 0.00643 e. The Hall–Kier alpha value is -0.0400. The van der Waals surface area contributed by atoms with Crippen molar-refractivity contribution in [1.82, 2.24) is 0 Å². The first kappa shape index (κ1) is 9.05. The van der Waals surface area contributed by atoms with E-state index in [1.54, 1.807) is 0 Å². The maximum Gasteiger partial charge on any atom is 0.00643 e. The van der Waals surface area contributed by atoms with E-state index < -0.39 is 0 Å². The minimum absolute atomic E-state index is 0.370. The average molecular weight is 155 g/mol. The molecule has 1 aliphatic carbocycles. The Balaban J connectivity index is 2.48. The van der Waals surface area contributed by atoms with Crippen molar-refractivity contribution in [2.24, 2.45) is 17.1 Å². The van der Waals surface area contributed by atoms with Gasteiger partial charge in [-0.3, -0.25) is 0 Å². The molecule has 0 radical (unpaired) electrons. The van der Waals surface area contributed by atoms with E-state index in [1.165, 1.54) is 25.7 Å². The molecule has 0 aliphatic heterocycles. The molecule has 0 bridgehead atoms. The number of nitrogens with two attached hydrogens (primary N) is 1. The zero-order valence-electron chi connectivity index (χ0n) is 8.06. The second-order valence-electron chi connectivity index (χ2n) is 4.63. The Morgan fingerprint density at radius 3 is 2.18 bits per heavy atom. The van der Waals surface area contributed by atoms with Crippen molar-refractivity contribution in [2.75, 3.05) is 0 Å². The summed E-state index contributed by atoms with van der Waals surface area (Å²) >= 11 is 0. The molecule has 1 nitrogen and oxygen atoms in total. The summed E-state index contributed by atoms with van der Waals surface area (Å²) in [5, 5.41) is 0. The SMILES string of the molecule is CC1CCC(C)([C@@H](C)N)CC1. The molecule has 1 saturated carbocycles. The molecule has 0 saturated heterocycles. The van der Waals surface area contributed by atoms with Gasteiger partial charge in [-0.05, 0) is 31.1 Å². The maximum absolute atomic E-state index is 5.95. The summed E-state index contributed by atoms with van der Waals surface area (Å²) < 4.78 is 0. The van der Waals surface area contributed by atoms with Crippen molar-refractivity contribution in [3.8, 4) is 0 Å². The molecule has 0 aromatic heterocycles. The van der Waals surface area contributed by atoms with E-state index in [4.69, 9.17) is 5.73 Å². The van der Waals surface area contributed by atoms with Crippen molar-refractivity contribution in [3.05, 3.63) is 0 Å². The lowest BCUT2D eigenvalue weighted by molar-refractivity contribution is 0.148. The first-order valence-corrected chi connectivity index (χ1v) is 4.80. The molecule has 1 atom stereocenters. The summed E-state index contributed by atoms with van der Waals surface area (Å²) in [5.74, 6) is 0.932. The van der Waals surface area contributed by atoms with E-state index >= 15 is 0 Å². The van der Waals surface area contributed by atoms with Gasteiger partial charge in [-0.15, -0.1) is 0 Å². The average Bonchev–Trinajstić information content (AvgIpc) is 1.95. The van der Waals surface area contributed by atoms with Crippen LogP contribution in [0.25, 0.3) is 0 Å². The van der Waals surface area contributed by atoms with Gasteiger partial charge in [-0.25, -0.2) is 0 Å². The van der Waals surface area contributed by atoms with Crippen LogP contribution in [-0.4, -0.2) is 6.04 Å². The highest BCUT2D eigenvalue weighted by Crippen LogP contribution is 2.40. The molecule has 2 N–H and O–H groups in total. The van der Waals surface area contributed by atoms with Crippen LogP contribution in [0.2, 0.25) is 0 Å². The summed E-state index contributed by atoms with van der Waals surface area (Å²) in [5.41, 5.74) is 6.38. The predicted molar refractivity (Wildman–Crippen MR) is 49.4 cm³/mol. The molecule has 0 amide bonds. The standard InChI is InChI=1S/C10H21N/c1-8-4-6-10(3,7-5-8)9(2)11/h8-9H,4-7,11H2,1-3H3/t8?,9-,10?/m1/s1. The minimum Gasteiger partial charge on any atom is -0.327 e. The number of hydrogen-bond donors (Lipinski definition) is 1. The van der Waals surface area contributed by atoms with Gasteiger partial charge in [0.15, 0.2) is 0 Å². The monoisotopic (exact) mass is 155 g/mol. The Kier molecular flexibility index (Phi) is 2.58. The zero-order valence-corrected chi connectivity index (χ0v) is 8.06. The molecule has 0 unspecified atom stereocenters. The first-order valence-electron chi connectivity index (χ1n) is 4.80. The van der Waals surface area contributed by atoms with Crippen LogP contribution in [0.4, 0.5) is 0 Å². The summed E-state index contributed by atoms with van der Waals surface area (Å²) in [6.45, 7) is 6.83. The van der Waals surface area contributed by atoms with Crippen molar-refractivity contribution >= 4 is 0 Å². The number of hydrogen-bond acceptors (Lipinski definition) is 1. The summed E-state index contributed by atoms with van der Waals surface area (Å²) in [6, 6.07) is 0.370. The lowest BCUT2D eigenvalue weighted by Gasteiger charge is -2.39. The van der Waals surface area contributed by atoms with Crippen LogP contribution in [0.5, 0.6) is 0 Å². The third kappa shape index (κ3) is 1.96. The van der Waals surface area contributed by atoms with Gasteiger partial charge in [0.25, 0.3) is 0 Å². The normalized spacial score (nSPS) is 42.0. The summed E-state index contributed by atoms with van der Waals surface area (Å²) in [6.07, 6.45) is 5.40. The van der Waals surface area contributed by atoms with Gasteiger partial charge < -0.3 is 5.73 Å². The van der Waals surface area contributed by atoms with Gasteiger partial charge in [0.05, 0.1) is 0 Å². The van der Waals surface area contributed by atoms with E-state index in [0.717, 1.165) is 5.92 Å². The van der Waals surface area contributed by atoms with Gasteiger partial charge in [0, 0.05) is 6.04 Å². The molecule has 0 aromatic carbocycles. The van der Waals surface area contributed by atoms with Crippen molar-refractivity contribution in [1.29, 1.82) is 0 Å². The minimum atomic E-state index is 0.370. The van der Waals surface area contributed by atoms with Gasteiger partial charge in [0.2, 0.25) is 0 Å². The quantitative estimate of drug-likeness (QED) is 0.618. The van der Waals surface area contributed by atoms with Gasteiger partial charge in [-0.1, -0.05) is 26.7 Å². The Labute approximate surface area is 70.4 Å². The third-order valence-corrected chi connectivity index (χ3v) is 3.52. The largest absolute Gasteiger partial charge is 0.327 e. The van der Waals surface area contributed by atoms with Crippen LogP contribution >= 0.6 is 0 Å². The van der Waals surface area contributed by atoms with Crippen LogP contribution < -0.4 is 5.73 Å². The van der Waals surface area contributed by atoms with Crippen molar-refractivity contribution in [3.63, 3.8) is 0 Å². The maximum atomic E-state index is 5.95. The van der Waals surface area contributed by atoms with Gasteiger partial charge >= 0.3 is 0 Å². The van der Waals surface area contributed by atoms with E-state index in [-0.39, 0.29) is 0 Å². The van der Waals surface area contributed by atoms with E-state index in [1.807, 2.05) is 0 Å². The molecule has 1 fully saturated rings. The lowest BCUT2D eigenvalue weighted by atomic mass is 9.69. The molecular formula is C10H21N. The second-order valence-corrected chi connectivity index (χ2v) is 4.63. The molecule has 1 aliphatic rings. The fraction of sp³-hybridized carbons (Fsp3) is 1.00. The Morgan fingerprint density at radius 1 is 1.36 bits per heavy atom. The first-order chi connectivity index (χ1) is 5.04.